The summed E-state index contributed by atoms with van der Waals surface area (Å²) in [6.45, 7) is 2.00. The van der Waals surface area contributed by atoms with Gasteiger partial charge in [0, 0.05) is 14.1 Å². The maximum Gasteiger partial charge on any atom is 0.337 e. The number of nitrogens with zero attached hydrogens (tertiary/aromatic N) is 1. The maximum absolute atomic E-state index is 11.3. The predicted molar refractivity (Wildman–Crippen MR) is 65.5 cm³/mol. The number of hydrogen-bond acceptors (Lipinski definition) is 3. The van der Waals surface area contributed by atoms with Gasteiger partial charge in [0.05, 0.1) is 17.8 Å². The molecule has 0 aliphatic carbocycles. The minimum Gasteiger partial charge on any atom is -0.478 e. The Kier molecular flexibility index (Phi) is 4.09. The molecule has 0 aliphatic rings. The van der Waals surface area contributed by atoms with Gasteiger partial charge in [-0.25, -0.2) is 4.79 Å². The third kappa shape index (κ3) is 3.21. The highest BCUT2D eigenvalue weighted by atomic mass is 16.4. The van der Waals surface area contributed by atoms with E-state index >= 15 is 0 Å². The van der Waals surface area contributed by atoms with Crippen LogP contribution in [0.4, 0.5) is 5.69 Å². The first-order valence-electron chi connectivity index (χ1n) is 5.21. The molecule has 5 nitrogen and oxygen atoms in total. The monoisotopic (exact) mass is 236 g/mol. The third-order valence-electron chi connectivity index (χ3n) is 2.45. The summed E-state index contributed by atoms with van der Waals surface area (Å²) in [6, 6.07) is 5.04. The fourth-order valence-electron chi connectivity index (χ4n) is 1.52. The Balaban J connectivity index is 3.06. The summed E-state index contributed by atoms with van der Waals surface area (Å²) >= 11 is 0. The van der Waals surface area contributed by atoms with Crippen LogP contribution in [0.15, 0.2) is 18.2 Å². The van der Waals surface area contributed by atoms with Crippen molar-refractivity contribution in [1.29, 1.82) is 0 Å². The number of carboxylic acids is 1. The van der Waals surface area contributed by atoms with E-state index < -0.39 is 5.97 Å². The van der Waals surface area contributed by atoms with Crippen LogP contribution in [0.5, 0.6) is 0 Å². The molecule has 0 heterocycles. The van der Waals surface area contributed by atoms with Crippen LogP contribution < -0.4 is 10.2 Å². The van der Waals surface area contributed by atoms with Crippen molar-refractivity contribution in [3.05, 3.63) is 29.3 Å². The summed E-state index contributed by atoms with van der Waals surface area (Å²) in [7, 11) is 3.24. The zero-order valence-electron chi connectivity index (χ0n) is 10.2. The normalized spacial score (nSPS) is 9.82. The highest BCUT2D eigenvalue weighted by Crippen LogP contribution is 2.21. The van der Waals surface area contributed by atoms with Gasteiger partial charge in [-0.2, -0.15) is 0 Å². The van der Waals surface area contributed by atoms with E-state index in [1.807, 2.05) is 6.92 Å². The Morgan fingerprint density at radius 2 is 2.06 bits per heavy atom. The molecule has 0 bridgehead atoms. The molecule has 5 heteroatoms. The Morgan fingerprint density at radius 3 is 2.59 bits per heavy atom. The molecule has 0 spiro atoms. The minimum absolute atomic E-state index is 0.125. The number of carbonyl (C=O) groups excluding carboxylic acids is 1. The van der Waals surface area contributed by atoms with Crippen molar-refractivity contribution in [2.45, 2.75) is 6.92 Å². The number of aromatic carboxylic acids is 1. The standard InChI is InChI=1S/C12H16N2O3/c1-8-4-5-9(12(16)17)10(6-8)14(3)7-11(15)13-2/h4-6H,7H2,1-3H3,(H,13,15)(H,16,17). The molecule has 0 unspecified atom stereocenters. The summed E-state index contributed by atoms with van der Waals surface area (Å²) in [6.07, 6.45) is 0. The van der Waals surface area contributed by atoms with Crippen LogP contribution in [0.25, 0.3) is 0 Å². The zero-order chi connectivity index (χ0) is 13.0. The number of amides is 1. The topological polar surface area (TPSA) is 69.6 Å². The maximum atomic E-state index is 11.3. The molecule has 0 saturated heterocycles. The molecule has 92 valence electrons. The third-order valence-corrected chi connectivity index (χ3v) is 2.45. The van der Waals surface area contributed by atoms with Gasteiger partial charge in [-0.1, -0.05) is 6.07 Å². The summed E-state index contributed by atoms with van der Waals surface area (Å²) in [5, 5.41) is 11.6. The van der Waals surface area contributed by atoms with Crippen molar-refractivity contribution in [2.75, 3.05) is 25.5 Å². The Bertz CT molecular complexity index is 443. The van der Waals surface area contributed by atoms with Crippen molar-refractivity contribution >= 4 is 17.6 Å². The van der Waals surface area contributed by atoms with Crippen molar-refractivity contribution in [3.63, 3.8) is 0 Å². The number of anilines is 1. The number of carbonyl (C=O) groups is 2. The summed E-state index contributed by atoms with van der Waals surface area (Å²) in [4.78, 5) is 23.9. The molecule has 0 radical (unpaired) electrons. The van der Waals surface area contributed by atoms with Gasteiger partial charge in [0.2, 0.25) is 5.91 Å². The molecule has 0 fully saturated rings. The summed E-state index contributed by atoms with van der Waals surface area (Å²) in [5.41, 5.74) is 1.69. The molecule has 0 atom stereocenters. The first-order chi connectivity index (χ1) is 7.95. The van der Waals surface area contributed by atoms with E-state index in [1.165, 1.54) is 0 Å². The number of benzene rings is 1. The smallest absolute Gasteiger partial charge is 0.337 e. The second-order valence-corrected chi connectivity index (χ2v) is 3.85. The van der Waals surface area contributed by atoms with E-state index in [0.717, 1.165) is 5.56 Å². The highest BCUT2D eigenvalue weighted by molar-refractivity contribution is 5.95. The number of nitrogens with one attached hydrogen (secondary N) is 1. The lowest BCUT2D eigenvalue weighted by molar-refractivity contribution is -0.119. The molecule has 0 aliphatic heterocycles. The summed E-state index contributed by atoms with van der Waals surface area (Å²) in [5.74, 6) is -1.16. The van der Waals surface area contributed by atoms with Crippen molar-refractivity contribution < 1.29 is 14.7 Å². The number of hydrogen-bond donors (Lipinski definition) is 2. The van der Waals surface area contributed by atoms with Crippen LogP contribution in [0, 0.1) is 6.92 Å². The van der Waals surface area contributed by atoms with Gasteiger partial charge < -0.3 is 15.3 Å². The van der Waals surface area contributed by atoms with E-state index in [4.69, 9.17) is 5.11 Å². The van der Waals surface area contributed by atoms with E-state index in [1.54, 1.807) is 37.2 Å². The van der Waals surface area contributed by atoms with Crippen molar-refractivity contribution in [1.82, 2.24) is 5.32 Å². The van der Waals surface area contributed by atoms with Crippen LogP contribution >= 0.6 is 0 Å². The van der Waals surface area contributed by atoms with Crippen molar-refractivity contribution in [3.8, 4) is 0 Å². The fraction of sp³-hybridized carbons (Fsp3) is 0.333. The second kappa shape index (κ2) is 5.34. The second-order valence-electron chi connectivity index (χ2n) is 3.85. The molecule has 17 heavy (non-hydrogen) atoms. The Morgan fingerprint density at radius 1 is 1.41 bits per heavy atom. The Labute approximate surface area is 100 Å². The first kappa shape index (κ1) is 13.0. The molecular weight excluding hydrogens is 220 g/mol. The number of aryl methyl sites for hydroxylation is 1. The van der Waals surface area contributed by atoms with Crippen LogP contribution in [0.1, 0.15) is 15.9 Å². The molecule has 1 rings (SSSR count). The molecule has 1 amide bonds. The minimum atomic E-state index is -0.997. The largest absolute Gasteiger partial charge is 0.478 e. The number of rotatable bonds is 4. The summed E-state index contributed by atoms with van der Waals surface area (Å²) < 4.78 is 0. The van der Waals surface area contributed by atoms with E-state index in [0.29, 0.717) is 5.69 Å². The number of carboxylic acid groups (broad SMARTS) is 1. The van der Waals surface area contributed by atoms with Gasteiger partial charge in [-0.05, 0) is 24.6 Å². The van der Waals surface area contributed by atoms with E-state index in [9.17, 15) is 9.59 Å². The average molecular weight is 236 g/mol. The quantitative estimate of drug-likeness (QED) is 0.814. The number of likely N-dealkylation sites (N-methyl/N-ethyl adjacent to an activating group) is 2. The van der Waals surface area contributed by atoms with Crippen molar-refractivity contribution in [2.24, 2.45) is 0 Å². The molecular formula is C12H16N2O3. The predicted octanol–water partition coefficient (Wildman–Crippen LogP) is 0.875. The van der Waals surface area contributed by atoms with Gasteiger partial charge >= 0.3 is 5.97 Å². The lowest BCUT2D eigenvalue weighted by Gasteiger charge is -2.20. The van der Waals surface area contributed by atoms with Gasteiger partial charge in [-0.15, -0.1) is 0 Å². The van der Waals surface area contributed by atoms with Gasteiger partial charge in [0.15, 0.2) is 0 Å². The van der Waals surface area contributed by atoms with Crippen LogP contribution in [0.3, 0.4) is 0 Å². The van der Waals surface area contributed by atoms with Crippen LogP contribution in [0.2, 0.25) is 0 Å². The SMILES string of the molecule is CNC(=O)CN(C)c1cc(C)ccc1C(=O)O. The van der Waals surface area contributed by atoms with E-state index in [2.05, 4.69) is 5.32 Å². The molecule has 1 aromatic carbocycles. The van der Waals surface area contributed by atoms with Gasteiger partial charge in [-0.3, -0.25) is 4.79 Å². The lowest BCUT2D eigenvalue weighted by atomic mass is 10.1. The molecule has 2 N–H and O–H groups in total. The highest BCUT2D eigenvalue weighted by Gasteiger charge is 2.15. The van der Waals surface area contributed by atoms with Gasteiger partial charge in [0.1, 0.15) is 0 Å². The van der Waals surface area contributed by atoms with Crippen LogP contribution in [-0.4, -0.2) is 37.6 Å². The zero-order valence-corrected chi connectivity index (χ0v) is 10.2. The molecule has 0 aromatic heterocycles. The fourth-order valence-corrected chi connectivity index (χ4v) is 1.52. The molecule has 1 aromatic rings. The van der Waals surface area contributed by atoms with Crippen LogP contribution in [-0.2, 0) is 4.79 Å². The van der Waals surface area contributed by atoms with Gasteiger partial charge in [0.25, 0.3) is 0 Å². The average Bonchev–Trinajstić information content (AvgIpc) is 2.28. The molecule has 0 saturated carbocycles. The first-order valence-corrected chi connectivity index (χ1v) is 5.21. The van der Waals surface area contributed by atoms with E-state index in [-0.39, 0.29) is 18.0 Å². The Hall–Kier alpha value is -2.04. The lowest BCUT2D eigenvalue weighted by Crippen LogP contribution is -2.33.